The first-order valence-corrected chi connectivity index (χ1v) is 7.37. The second-order valence-corrected chi connectivity index (χ2v) is 5.11. The highest BCUT2D eigenvalue weighted by Gasteiger charge is 2.14. The molecule has 0 bridgehead atoms. The van der Waals surface area contributed by atoms with Crippen LogP contribution < -0.4 is 19.5 Å². The summed E-state index contributed by atoms with van der Waals surface area (Å²) in [6, 6.07) is 9.46. The van der Waals surface area contributed by atoms with Crippen LogP contribution in [0.2, 0.25) is 0 Å². The van der Waals surface area contributed by atoms with Gasteiger partial charge in [-0.15, -0.1) is 0 Å². The zero-order chi connectivity index (χ0) is 17.5. The highest BCUT2D eigenvalue weighted by molar-refractivity contribution is 5.79. The highest BCUT2D eigenvalue weighted by Crippen LogP contribution is 2.38. The minimum Gasteiger partial charge on any atom is -0.493 e. The summed E-state index contributed by atoms with van der Waals surface area (Å²) in [4.78, 5) is 12.1. The molecule has 0 saturated heterocycles. The van der Waals surface area contributed by atoms with Crippen molar-refractivity contribution in [3.8, 4) is 17.2 Å². The Labute approximate surface area is 140 Å². The Bertz CT molecular complexity index is 676. The van der Waals surface area contributed by atoms with Gasteiger partial charge in [-0.3, -0.25) is 4.79 Å². The van der Waals surface area contributed by atoms with Crippen LogP contribution in [0.3, 0.4) is 0 Å². The molecule has 1 amide bonds. The molecule has 128 valence electrons. The first-order chi connectivity index (χ1) is 11.6. The van der Waals surface area contributed by atoms with E-state index < -0.39 is 0 Å². The molecule has 0 atom stereocenters. The van der Waals surface area contributed by atoms with Gasteiger partial charge in [0, 0.05) is 6.54 Å². The number of amides is 1. The van der Waals surface area contributed by atoms with Crippen LogP contribution in [0, 0.1) is 5.82 Å². The summed E-state index contributed by atoms with van der Waals surface area (Å²) in [5, 5.41) is 2.80. The van der Waals surface area contributed by atoms with Crippen molar-refractivity contribution < 1.29 is 23.4 Å². The SMILES string of the molecule is COc1cc(CC(=O)NCc2ccc(F)cc2)cc(OC)c1OC. The van der Waals surface area contributed by atoms with E-state index in [1.165, 1.54) is 33.5 Å². The topological polar surface area (TPSA) is 56.8 Å². The molecule has 5 nitrogen and oxygen atoms in total. The summed E-state index contributed by atoms with van der Waals surface area (Å²) in [6.45, 7) is 0.337. The van der Waals surface area contributed by atoms with Crippen molar-refractivity contribution in [3.63, 3.8) is 0 Å². The van der Waals surface area contributed by atoms with Gasteiger partial charge in [0.25, 0.3) is 0 Å². The average molecular weight is 333 g/mol. The molecule has 0 aliphatic heterocycles. The number of rotatable bonds is 7. The van der Waals surface area contributed by atoms with Crippen molar-refractivity contribution in [2.75, 3.05) is 21.3 Å². The maximum Gasteiger partial charge on any atom is 0.224 e. The molecule has 0 aliphatic carbocycles. The fourth-order valence-corrected chi connectivity index (χ4v) is 2.29. The molecule has 0 unspecified atom stereocenters. The molecule has 2 aromatic carbocycles. The van der Waals surface area contributed by atoms with Crippen molar-refractivity contribution in [2.24, 2.45) is 0 Å². The van der Waals surface area contributed by atoms with Gasteiger partial charge in [0.05, 0.1) is 27.8 Å². The minimum absolute atomic E-state index is 0.159. The van der Waals surface area contributed by atoms with Crippen LogP contribution in [0.25, 0.3) is 0 Å². The largest absolute Gasteiger partial charge is 0.493 e. The predicted molar refractivity (Wildman–Crippen MR) is 88.0 cm³/mol. The van der Waals surface area contributed by atoms with E-state index in [0.717, 1.165) is 11.1 Å². The fraction of sp³-hybridized carbons (Fsp3) is 0.278. The van der Waals surface area contributed by atoms with E-state index in [2.05, 4.69) is 5.32 Å². The molecule has 0 aromatic heterocycles. The second-order valence-electron chi connectivity index (χ2n) is 5.11. The zero-order valence-corrected chi connectivity index (χ0v) is 13.9. The van der Waals surface area contributed by atoms with Crippen LogP contribution in [0.1, 0.15) is 11.1 Å². The highest BCUT2D eigenvalue weighted by atomic mass is 19.1. The molecule has 0 spiro atoms. The molecular formula is C18H20FNO4. The van der Waals surface area contributed by atoms with E-state index >= 15 is 0 Å². The lowest BCUT2D eigenvalue weighted by Gasteiger charge is -2.14. The summed E-state index contributed by atoms with van der Waals surface area (Å²) in [7, 11) is 4.57. The Hall–Kier alpha value is -2.76. The first kappa shape index (κ1) is 17.6. The first-order valence-electron chi connectivity index (χ1n) is 7.37. The number of methoxy groups -OCH3 is 3. The van der Waals surface area contributed by atoms with Crippen molar-refractivity contribution in [1.29, 1.82) is 0 Å². The third-order valence-corrected chi connectivity index (χ3v) is 3.49. The lowest BCUT2D eigenvalue weighted by molar-refractivity contribution is -0.120. The fourth-order valence-electron chi connectivity index (χ4n) is 2.29. The average Bonchev–Trinajstić information content (AvgIpc) is 2.60. The number of benzene rings is 2. The van der Waals surface area contributed by atoms with Gasteiger partial charge >= 0.3 is 0 Å². The van der Waals surface area contributed by atoms with E-state index in [0.29, 0.717) is 23.8 Å². The Morgan fingerprint density at radius 2 is 1.54 bits per heavy atom. The van der Waals surface area contributed by atoms with Crippen molar-refractivity contribution >= 4 is 5.91 Å². The zero-order valence-electron chi connectivity index (χ0n) is 13.9. The molecule has 0 aliphatic rings. The lowest BCUT2D eigenvalue weighted by atomic mass is 10.1. The quantitative estimate of drug-likeness (QED) is 0.846. The van der Waals surface area contributed by atoms with Gasteiger partial charge in [0.2, 0.25) is 11.7 Å². The summed E-state index contributed by atoms with van der Waals surface area (Å²) in [6.07, 6.45) is 0.165. The van der Waals surface area contributed by atoms with Crippen LogP contribution in [0.4, 0.5) is 4.39 Å². The van der Waals surface area contributed by atoms with Gasteiger partial charge in [-0.05, 0) is 35.4 Å². The minimum atomic E-state index is -0.303. The Morgan fingerprint density at radius 1 is 0.958 bits per heavy atom. The summed E-state index contributed by atoms with van der Waals surface area (Å²) in [5.74, 6) is 1.02. The summed E-state index contributed by atoms with van der Waals surface area (Å²) >= 11 is 0. The normalized spacial score (nSPS) is 10.2. The molecule has 0 saturated carbocycles. The summed E-state index contributed by atoms with van der Waals surface area (Å²) < 4.78 is 28.6. The molecule has 6 heteroatoms. The number of hydrogen-bond acceptors (Lipinski definition) is 4. The van der Waals surface area contributed by atoms with Gasteiger partial charge in [0.15, 0.2) is 11.5 Å². The van der Waals surface area contributed by atoms with Crippen LogP contribution in [-0.4, -0.2) is 27.2 Å². The number of carbonyl (C=O) groups is 1. The van der Waals surface area contributed by atoms with E-state index in [1.54, 1.807) is 24.3 Å². The van der Waals surface area contributed by atoms with Gasteiger partial charge < -0.3 is 19.5 Å². The van der Waals surface area contributed by atoms with Crippen molar-refractivity contribution in [1.82, 2.24) is 5.32 Å². The monoisotopic (exact) mass is 333 g/mol. The smallest absolute Gasteiger partial charge is 0.224 e. The molecular weight excluding hydrogens is 313 g/mol. The molecule has 1 N–H and O–H groups in total. The third-order valence-electron chi connectivity index (χ3n) is 3.49. The van der Waals surface area contributed by atoms with Crippen LogP contribution in [0.5, 0.6) is 17.2 Å². The molecule has 0 heterocycles. The number of halogens is 1. The Kier molecular flexibility index (Phi) is 6.01. The molecule has 0 fully saturated rings. The maximum atomic E-state index is 12.9. The van der Waals surface area contributed by atoms with Gasteiger partial charge in [0.1, 0.15) is 5.82 Å². The van der Waals surface area contributed by atoms with Crippen LogP contribution >= 0.6 is 0 Å². The van der Waals surface area contributed by atoms with Gasteiger partial charge in [-0.2, -0.15) is 0 Å². The second kappa shape index (κ2) is 8.19. The van der Waals surface area contributed by atoms with Crippen LogP contribution in [0.15, 0.2) is 36.4 Å². The van der Waals surface area contributed by atoms with Gasteiger partial charge in [-0.1, -0.05) is 12.1 Å². The summed E-state index contributed by atoms with van der Waals surface area (Å²) in [5.41, 5.74) is 1.57. The number of nitrogens with one attached hydrogen (secondary N) is 1. The van der Waals surface area contributed by atoms with E-state index in [1.807, 2.05) is 0 Å². The standard InChI is InChI=1S/C18H20FNO4/c1-22-15-8-13(9-16(23-2)18(15)24-3)10-17(21)20-11-12-4-6-14(19)7-5-12/h4-9H,10-11H2,1-3H3,(H,20,21). The lowest BCUT2D eigenvalue weighted by Crippen LogP contribution is -2.24. The molecule has 24 heavy (non-hydrogen) atoms. The van der Waals surface area contributed by atoms with Crippen LogP contribution in [-0.2, 0) is 17.8 Å². The Morgan fingerprint density at radius 3 is 2.04 bits per heavy atom. The number of carbonyl (C=O) groups excluding carboxylic acids is 1. The van der Waals surface area contributed by atoms with E-state index in [9.17, 15) is 9.18 Å². The molecule has 0 radical (unpaired) electrons. The van der Waals surface area contributed by atoms with Gasteiger partial charge in [-0.25, -0.2) is 4.39 Å². The Balaban J connectivity index is 2.04. The van der Waals surface area contributed by atoms with Crippen molar-refractivity contribution in [3.05, 3.63) is 53.3 Å². The van der Waals surface area contributed by atoms with E-state index in [-0.39, 0.29) is 18.1 Å². The van der Waals surface area contributed by atoms with Crippen molar-refractivity contribution in [2.45, 2.75) is 13.0 Å². The molecule has 2 rings (SSSR count). The third kappa shape index (κ3) is 4.38. The van der Waals surface area contributed by atoms with E-state index in [4.69, 9.17) is 14.2 Å². The number of ether oxygens (including phenoxy) is 3. The maximum absolute atomic E-state index is 12.9. The number of hydrogen-bond donors (Lipinski definition) is 1. The molecule has 2 aromatic rings. The predicted octanol–water partition coefficient (Wildman–Crippen LogP) is 2.71.